The molecule has 1 aromatic heterocycles. The highest BCUT2D eigenvalue weighted by Gasteiger charge is 2.30. The van der Waals surface area contributed by atoms with E-state index in [2.05, 4.69) is 22.0 Å². The maximum atomic E-state index is 13.3. The molecule has 0 radical (unpaired) electrons. The van der Waals surface area contributed by atoms with E-state index in [1.165, 1.54) is 23.8 Å². The number of thiophene rings is 1. The maximum absolute atomic E-state index is 13.3. The van der Waals surface area contributed by atoms with Gasteiger partial charge in [0, 0.05) is 25.8 Å². The Hall–Kier alpha value is -0.710. The molecule has 1 saturated carbocycles. The minimum atomic E-state index is -0.213. The molecule has 0 saturated heterocycles. The number of benzene rings is 1. The molecular formula is C14H13BrFNS. The van der Waals surface area contributed by atoms with Gasteiger partial charge >= 0.3 is 0 Å². The van der Waals surface area contributed by atoms with Gasteiger partial charge in [0.1, 0.15) is 5.82 Å². The normalized spacial score (nSPS) is 16.8. The van der Waals surface area contributed by atoms with E-state index in [1.807, 2.05) is 6.07 Å². The van der Waals surface area contributed by atoms with Gasteiger partial charge in [0.2, 0.25) is 0 Å². The van der Waals surface area contributed by atoms with Crippen LogP contribution >= 0.6 is 27.3 Å². The summed E-state index contributed by atoms with van der Waals surface area (Å²) < 4.78 is 14.2. The summed E-state index contributed by atoms with van der Waals surface area (Å²) in [4.78, 5) is 2.26. The van der Waals surface area contributed by atoms with Crippen LogP contribution in [0.5, 0.6) is 0 Å². The van der Waals surface area contributed by atoms with Crippen LogP contribution in [0.3, 0.4) is 0 Å². The second kappa shape index (κ2) is 4.76. The van der Waals surface area contributed by atoms with Gasteiger partial charge in [-0.1, -0.05) is 15.9 Å². The summed E-state index contributed by atoms with van der Waals surface area (Å²) in [6.07, 6.45) is 2.47. The van der Waals surface area contributed by atoms with Crippen molar-refractivity contribution in [1.29, 1.82) is 0 Å². The Bertz CT molecular complexity index is 577. The lowest BCUT2D eigenvalue weighted by Gasteiger charge is -2.06. The van der Waals surface area contributed by atoms with Crippen molar-refractivity contribution in [2.45, 2.75) is 18.9 Å². The number of hydrogen-bond acceptors (Lipinski definition) is 2. The summed E-state index contributed by atoms with van der Waals surface area (Å²) in [5.74, 6) is 0.432. The van der Waals surface area contributed by atoms with Crippen molar-refractivity contribution in [2.24, 2.45) is 11.7 Å². The summed E-state index contributed by atoms with van der Waals surface area (Å²) in [6.45, 7) is 0. The highest BCUT2D eigenvalue weighted by atomic mass is 79.9. The van der Waals surface area contributed by atoms with E-state index in [0.29, 0.717) is 5.92 Å². The van der Waals surface area contributed by atoms with E-state index >= 15 is 0 Å². The van der Waals surface area contributed by atoms with Crippen molar-refractivity contribution >= 4 is 27.3 Å². The first kappa shape index (κ1) is 12.3. The van der Waals surface area contributed by atoms with Crippen LogP contribution in [-0.2, 0) is 0 Å². The van der Waals surface area contributed by atoms with E-state index in [4.69, 9.17) is 5.73 Å². The molecule has 1 nitrogen and oxygen atoms in total. The first-order valence-corrected chi connectivity index (χ1v) is 7.57. The van der Waals surface area contributed by atoms with Crippen LogP contribution in [0, 0.1) is 11.7 Å². The molecule has 1 heterocycles. The Balaban J connectivity index is 1.94. The molecule has 1 aliphatic carbocycles. The van der Waals surface area contributed by atoms with E-state index in [9.17, 15) is 4.39 Å². The fraction of sp³-hybridized carbons (Fsp3) is 0.286. The zero-order chi connectivity index (χ0) is 12.7. The minimum absolute atomic E-state index is 0.149. The molecule has 18 heavy (non-hydrogen) atoms. The van der Waals surface area contributed by atoms with Gasteiger partial charge in [0.15, 0.2) is 0 Å². The summed E-state index contributed by atoms with van der Waals surface area (Å²) in [7, 11) is 0. The second-order valence-electron chi connectivity index (χ2n) is 4.69. The maximum Gasteiger partial charge on any atom is 0.123 e. The highest BCUT2D eigenvalue weighted by molar-refractivity contribution is 9.10. The van der Waals surface area contributed by atoms with Crippen molar-refractivity contribution in [3.8, 4) is 10.4 Å². The van der Waals surface area contributed by atoms with Crippen LogP contribution in [0.15, 0.2) is 34.8 Å². The van der Waals surface area contributed by atoms with Crippen molar-refractivity contribution in [3.63, 3.8) is 0 Å². The molecule has 0 bridgehead atoms. The standard InChI is InChI=1S/C14H13BrFNS/c15-11-4-3-9(16)7-10(11)12-5-6-13(18-12)14(17)8-1-2-8/h3-8,14H,1-2,17H2. The minimum Gasteiger partial charge on any atom is -0.323 e. The number of nitrogens with two attached hydrogens (primary N) is 1. The summed E-state index contributed by atoms with van der Waals surface area (Å²) >= 11 is 5.13. The molecule has 0 aliphatic heterocycles. The third-order valence-corrected chi connectivity index (χ3v) is 5.19. The average molecular weight is 326 g/mol. The van der Waals surface area contributed by atoms with Gasteiger partial charge in [-0.3, -0.25) is 0 Å². The van der Waals surface area contributed by atoms with Gasteiger partial charge in [0.25, 0.3) is 0 Å². The van der Waals surface area contributed by atoms with Crippen molar-refractivity contribution in [2.75, 3.05) is 0 Å². The van der Waals surface area contributed by atoms with Crippen LogP contribution in [0.1, 0.15) is 23.8 Å². The number of rotatable bonds is 3. The molecule has 0 amide bonds. The lowest BCUT2D eigenvalue weighted by atomic mass is 10.1. The molecule has 4 heteroatoms. The topological polar surface area (TPSA) is 26.0 Å². The van der Waals surface area contributed by atoms with Crippen molar-refractivity contribution in [3.05, 3.63) is 45.5 Å². The molecule has 3 rings (SSSR count). The van der Waals surface area contributed by atoms with E-state index in [0.717, 1.165) is 14.9 Å². The number of halogens is 2. The quantitative estimate of drug-likeness (QED) is 0.867. The Kier molecular flexibility index (Phi) is 3.26. The van der Waals surface area contributed by atoms with Gasteiger partial charge in [0.05, 0.1) is 0 Å². The monoisotopic (exact) mass is 325 g/mol. The predicted octanol–water partition coefficient (Wildman–Crippen LogP) is 4.73. The lowest BCUT2D eigenvalue weighted by molar-refractivity contribution is 0.628. The largest absolute Gasteiger partial charge is 0.323 e. The van der Waals surface area contributed by atoms with Gasteiger partial charge < -0.3 is 5.73 Å². The first-order valence-electron chi connectivity index (χ1n) is 5.96. The fourth-order valence-electron chi connectivity index (χ4n) is 2.05. The van der Waals surface area contributed by atoms with Crippen molar-refractivity contribution < 1.29 is 4.39 Å². The third kappa shape index (κ3) is 2.37. The van der Waals surface area contributed by atoms with E-state index in [-0.39, 0.29) is 11.9 Å². The molecule has 1 aromatic carbocycles. The Morgan fingerprint density at radius 3 is 2.78 bits per heavy atom. The second-order valence-corrected chi connectivity index (χ2v) is 6.66. The average Bonchev–Trinajstić information content (AvgIpc) is 3.09. The molecule has 2 aromatic rings. The summed E-state index contributed by atoms with van der Waals surface area (Å²) in [6, 6.07) is 9.00. The summed E-state index contributed by atoms with van der Waals surface area (Å²) in [5.41, 5.74) is 7.08. The van der Waals surface area contributed by atoms with E-state index < -0.39 is 0 Å². The molecule has 94 valence electrons. The Morgan fingerprint density at radius 2 is 2.06 bits per heavy atom. The molecule has 2 N–H and O–H groups in total. The first-order chi connectivity index (χ1) is 8.65. The smallest absolute Gasteiger partial charge is 0.123 e. The van der Waals surface area contributed by atoms with Crippen LogP contribution < -0.4 is 5.73 Å². The Labute approximate surface area is 118 Å². The summed E-state index contributed by atoms with van der Waals surface area (Å²) in [5, 5.41) is 0. The molecule has 1 atom stereocenters. The van der Waals surface area contributed by atoms with Gasteiger partial charge in [-0.05, 0) is 49.1 Å². The van der Waals surface area contributed by atoms with Crippen molar-refractivity contribution in [1.82, 2.24) is 0 Å². The molecule has 0 spiro atoms. The zero-order valence-electron chi connectivity index (χ0n) is 9.70. The molecule has 1 unspecified atom stereocenters. The van der Waals surface area contributed by atoms with Gasteiger partial charge in [-0.2, -0.15) is 0 Å². The van der Waals surface area contributed by atoms with Gasteiger partial charge in [-0.15, -0.1) is 11.3 Å². The van der Waals surface area contributed by atoms with E-state index in [1.54, 1.807) is 23.5 Å². The predicted molar refractivity (Wildman–Crippen MR) is 77.1 cm³/mol. The number of hydrogen-bond donors (Lipinski definition) is 1. The van der Waals surface area contributed by atoms with Crippen LogP contribution in [-0.4, -0.2) is 0 Å². The fourth-order valence-corrected chi connectivity index (χ4v) is 3.78. The van der Waals surface area contributed by atoms with Crippen LogP contribution in [0.4, 0.5) is 4.39 Å². The van der Waals surface area contributed by atoms with Crippen LogP contribution in [0.2, 0.25) is 0 Å². The molecule has 1 fully saturated rings. The lowest BCUT2D eigenvalue weighted by Crippen LogP contribution is -2.10. The highest BCUT2D eigenvalue weighted by Crippen LogP contribution is 2.43. The SMILES string of the molecule is NC(c1ccc(-c2cc(F)ccc2Br)s1)C1CC1. The zero-order valence-corrected chi connectivity index (χ0v) is 12.1. The Morgan fingerprint density at radius 1 is 1.28 bits per heavy atom. The molecular weight excluding hydrogens is 313 g/mol. The third-order valence-electron chi connectivity index (χ3n) is 3.28. The van der Waals surface area contributed by atoms with Crippen LogP contribution in [0.25, 0.3) is 10.4 Å². The van der Waals surface area contributed by atoms with Gasteiger partial charge in [-0.25, -0.2) is 4.39 Å². The molecule has 1 aliphatic rings.